The van der Waals surface area contributed by atoms with E-state index in [1.165, 1.54) is 6.42 Å². The molecule has 1 fully saturated rings. The van der Waals surface area contributed by atoms with E-state index in [0.29, 0.717) is 0 Å². The average Bonchev–Trinajstić information content (AvgIpc) is 2.84. The van der Waals surface area contributed by atoms with Gasteiger partial charge in [-0.1, -0.05) is 43.5 Å². The van der Waals surface area contributed by atoms with Gasteiger partial charge in [0.25, 0.3) is 7.37 Å². The highest BCUT2D eigenvalue weighted by atomic mass is 31.2. The summed E-state index contributed by atoms with van der Waals surface area (Å²) in [4.78, 5) is 6.35. The van der Waals surface area contributed by atoms with E-state index in [2.05, 4.69) is 10.3 Å². The van der Waals surface area contributed by atoms with Crippen molar-refractivity contribution in [3.8, 4) is 0 Å². The van der Waals surface area contributed by atoms with Crippen molar-refractivity contribution in [2.75, 3.05) is 24.3 Å². The zero-order valence-corrected chi connectivity index (χ0v) is 19.7. The third kappa shape index (κ3) is 5.23. The minimum absolute atomic E-state index is 0.000136. The van der Waals surface area contributed by atoms with Crippen LogP contribution in [-0.2, 0) is 9.09 Å². The monoisotopic (exact) mass is 449 g/mol. The fraction of sp³-hybridized carbons (Fsp3) is 0.346. The molecule has 2 atom stereocenters. The van der Waals surface area contributed by atoms with Crippen LogP contribution in [0.15, 0.2) is 79.1 Å². The van der Waals surface area contributed by atoms with Crippen LogP contribution >= 0.6 is 7.37 Å². The van der Waals surface area contributed by atoms with Gasteiger partial charge >= 0.3 is 0 Å². The molecule has 1 N–H and O–H groups in total. The first-order valence-electron chi connectivity index (χ1n) is 11.3. The van der Waals surface area contributed by atoms with Crippen molar-refractivity contribution in [1.29, 1.82) is 0 Å². The Labute approximate surface area is 191 Å². The van der Waals surface area contributed by atoms with Crippen LogP contribution in [0.25, 0.3) is 0 Å². The first-order valence-corrected chi connectivity index (χ1v) is 13.0. The topological polar surface area (TPSA) is 54.5 Å². The summed E-state index contributed by atoms with van der Waals surface area (Å²) in [6.45, 7) is 0. The molecular weight excluding hydrogens is 417 g/mol. The van der Waals surface area contributed by atoms with Gasteiger partial charge in [-0.15, -0.1) is 0 Å². The number of rotatable bonds is 8. The Bertz CT molecular complexity index is 1020. The molecule has 1 aliphatic carbocycles. The Hall–Kier alpha value is -2.62. The predicted octanol–water partition coefficient (Wildman–Crippen LogP) is 6.21. The van der Waals surface area contributed by atoms with Crippen LogP contribution in [0.3, 0.4) is 0 Å². The normalized spacial score (nSPS) is 17.3. The van der Waals surface area contributed by atoms with Gasteiger partial charge in [-0.25, -0.2) is 0 Å². The summed E-state index contributed by atoms with van der Waals surface area (Å²) in [5.74, 6) is -0.536. The SMILES string of the molecule is CN(C)c1ccc([P@@](=O)(OC2CCCCC2)[C@@H](Nc2ccccc2)c2cccnc2)cc1. The molecule has 3 aromatic rings. The molecule has 0 unspecified atom stereocenters. The van der Waals surface area contributed by atoms with Gasteiger partial charge in [0.15, 0.2) is 0 Å². The third-order valence-corrected chi connectivity index (χ3v) is 8.74. The highest BCUT2D eigenvalue weighted by Gasteiger charge is 2.40. The second kappa shape index (κ2) is 10.3. The molecule has 0 radical (unpaired) electrons. The summed E-state index contributed by atoms with van der Waals surface area (Å²) in [5.41, 5.74) is 2.82. The maximum absolute atomic E-state index is 14.9. The molecule has 5 nitrogen and oxygen atoms in total. The van der Waals surface area contributed by atoms with E-state index in [4.69, 9.17) is 4.52 Å². The minimum atomic E-state index is -3.36. The van der Waals surface area contributed by atoms with Crippen molar-refractivity contribution in [1.82, 2.24) is 4.98 Å². The van der Waals surface area contributed by atoms with Crippen molar-refractivity contribution in [2.45, 2.75) is 44.0 Å². The first-order chi connectivity index (χ1) is 15.6. The molecule has 0 aliphatic heterocycles. The Kier molecular flexibility index (Phi) is 7.29. The van der Waals surface area contributed by atoms with Gasteiger partial charge in [-0.05, 0) is 55.3 Å². The lowest BCUT2D eigenvalue weighted by Crippen LogP contribution is -2.25. The van der Waals surface area contributed by atoms with Crippen LogP contribution in [0.2, 0.25) is 0 Å². The van der Waals surface area contributed by atoms with Crippen LogP contribution in [0.4, 0.5) is 11.4 Å². The molecule has 0 bridgehead atoms. The number of aromatic nitrogens is 1. The number of para-hydroxylation sites is 1. The molecule has 6 heteroatoms. The molecule has 1 heterocycles. The maximum Gasteiger partial charge on any atom is 0.258 e. The van der Waals surface area contributed by atoms with Gasteiger partial charge in [-0.3, -0.25) is 9.55 Å². The van der Waals surface area contributed by atoms with E-state index in [1.807, 2.05) is 85.7 Å². The lowest BCUT2D eigenvalue weighted by molar-refractivity contribution is 0.159. The Morgan fingerprint density at radius 3 is 2.31 bits per heavy atom. The number of benzene rings is 2. The largest absolute Gasteiger partial charge is 0.378 e. The van der Waals surface area contributed by atoms with Gasteiger partial charge in [0.05, 0.1) is 6.10 Å². The summed E-state index contributed by atoms with van der Waals surface area (Å²) < 4.78 is 21.5. The molecule has 0 saturated heterocycles. The van der Waals surface area contributed by atoms with Gasteiger partial charge < -0.3 is 14.7 Å². The summed E-state index contributed by atoms with van der Waals surface area (Å²) in [6, 6.07) is 21.7. The van der Waals surface area contributed by atoms with Crippen LogP contribution in [0, 0.1) is 0 Å². The second-order valence-electron chi connectivity index (χ2n) is 8.57. The molecule has 4 rings (SSSR count). The van der Waals surface area contributed by atoms with Gasteiger partial charge in [0, 0.05) is 48.7 Å². The summed E-state index contributed by atoms with van der Waals surface area (Å²) >= 11 is 0. The second-order valence-corrected chi connectivity index (χ2v) is 11.0. The van der Waals surface area contributed by atoms with Crippen molar-refractivity contribution in [3.63, 3.8) is 0 Å². The number of hydrogen-bond acceptors (Lipinski definition) is 5. The first kappa shape index (κ1) is 22.6. The van der Waals surface area contributed by atoms with Crippen molar-refractivity contribution >= 4 is 24.0 Å². The molecule has 0 spiro atoms. The Morgan fingerprint density at radius 1 is 0.969 bits per heavy atom. The lowest BCUT2D eigenvalue weighted by Gasteiger charge is -2.34. The zero-order chi connectivity index (χ0) is 22.4. The number of anilines is 2. The summed E-state index contributed by atoms with van der Waals surface area (Å²) in [7, 11) is 0.648. The number of nitrogens with one attached hydrogen (secondary N) is 1. The summed E-state index contributed by atoms with van der Waals surface area (Å²) in [6.07, 6.45) is 8.88. The average molecular weight is 450 g/mol. The molecule has 1 aromatic heterocycles. The van der Waals surface area contributed by atoms with Gasteiger partial charge in [0.2, 0.25) is 0 Å². The van der Waals surface area contributed by atoms with Crippen molar-refractivity contribution in [3.05, 3.63) is 84.7 Å². The van der Waals surface area contributed by atoms with Crippen LogP contribution in [0.5, 0.6) is 0 Å². The third-order valence-electron chi connectivity index (χ3n) is 6.00. The fourth-order valence-electron chi connectivity index (χ4n) is 4.22. The van der Waals surface area contributed by atoms with E-state index >= 15 is 0 Å². The molecule has 2 aromatic carbocycles. The molecule has 1 aliphatic rings. The minimum Gasteiger partial charge on any atom is -0.378 e. The fourth-order valence-corrected chi connectivity index (χ4v) is 6.84. The van der Waals surface area contributed by atoms with E-state index < -0.39 is 13.2 Å². The standard InChI is InChI=1S/C26H32N3O2P/c1-29(2)23-15-17-25(18-16-23)32(30,31-24-13-7-4-8-14-24)26(21-10-9-19-27-20-21)28-22-11-5-3-6-12-22/h3,5-6,9-12,15-20,24,26,28H,4,7-8,13-14H2,1-2H3/t26-,32-/m1/s1. The highest BCUT2D eigenvalue weighted by Crippen LogP contribution is 2.60. The van der Waals surface area contributed by atoms with E-state index in [9.17, 15) is 4.57 Å². The van der Waals surface area contributed by atoms with Crippen LogP contribution in [0.1, 0.15) is 43.5 Å². The predicted molar refractivity (Wildman–Crippen MR) is 133 cm³/mol. The molecule has 0 amide bonds. The lowest BCUT2D eigenvalue weighted by atomic mass is 9.98. The van der Waals surface area contributed by atoms with E-state index in [-0.39, 0.29) is 6.10 Å². The Balaban J connectivity index is 1.79. The maximum atomic E-state index is 14.9. The van der Waals surface area contributed by atoms with E-state index in [0.717, 1.165) is 47.9 Å². The molecule has 1 saturated carbocycles. The highest BCUT2D eigenvalue weighted by molar-refractivity contribution is 7.67. The number of pyridine rings is 1. The van der Waals surface area contributed by atoms with Gasteiger partial charge in [0.1, 0.15) is 5.78 Å². The summed E-state index contributed by atoms with van der Waals surface area (Å²) in [5, 5.41) is 4.25. The van der Waals surface area contributed by atoms with Gasteiger partial charge in [-0.2, -0.15) is 0 Å². The Morgan fingerprint density at radius 2 is 1.69 bits per heavy atom. The number of hydrogen-bond donors (Lipinski definition) is 1. The number of nitrogens with zero attached hydrogens (tertiary/aromatic N) is 2. The van der Waals surface area contributed by atoms with Crippen LogP contribution < -0.4 is 15.5 Å². The van der Waals surface area contributed by atoms with Crippen molar-refractivity contribution in [2.24, 2.45) is 0 Å². The smallest absolute Gasteiger partial charge is 0.258 e. The molecule has 168 valence electrons. The zero-order valence-electron chi connectivity index (χ0n) is 18.9. The van der Waals surface area contributed by atoms with Crippen molar-refractivity contribution < 1.29 is 9.09 Å². The molecule has 32 heavy (non-hydrogen) atoms. The molecular formula is C26H32N3O2P. The quantitative estimate of drug-likeness (QED) is 0.414. The van der Waals surface area contributed by atoms with Crippen LogP contribution in [-0.4, -0.2) is 25.2 Å². The van der Waals surface area contributed by atoms with E-state index in [1.54, 1.807) is 12.4 Å².